The molecule has 4 aliphatic rings. The van der Waals surface area contributed by atoms with Crippen LogP contribution < -0.4 is 0 Å². The van der Waals surface area contributed by atoms with Crippen LogP contribution in [0.15, 0.2) is 22.6 Å². The van der Waals surface area contributed by atoms with Crippen molar-refractivity contribution >= 4 is 23.6 Å². The monoisotopic (exact) mass is 515 g/mol. The maximum Gasteiger partial charge on any atom is 0.324 e. The molecule has 2 aliphatic carbocycles. The zero-order valence-corrected chi connectivity index (χ0v) is 23.5. The molecular formula is C29H41NO5S. The Morgan fingerprint density at radius 3 is 2.39 bits per heavy atom. The molecule has 2 fully saturated rings. The molecule has 1 spiro atoms. The molecule has 1 amide bonds. The van der Waals surface area contributed by atoms with Gasteiger partial charge in [-0.05, 0) is 72.8 Å². The fraction of sp³-hybridized carbons (Fsp3) is 0.724. The Labute approximate surface area is 220 Å². The molecule has 6 nitrogen and oxygen atoms in total. The van der Waals surface area contributed by atoms with Crippen molar-refractivity contribution in [2.45, 2.75) is 102 Å². The summed E-state index contributed by atoms with van der Waals surface area (Å²) in [6, 6.07) is -0.424. The topological polar surface area (TPSA) is 65.1 Å². The highest BCUT2D eigenvalue weighted by molar-refractivity contribution is 8.05. The summed E-state index contributed by atoms with van der Waals surface area (Å²) in [5.74, 6) is 5.80. The molecule has 0 N–H and O–H groups in total. The number of methoxy groups -OCH3 is 1. The SMILES string of the molecule is COC(=O)C1(C)SC(C#CC(C)(C)C)=CC1N(C(=O)C1CC=C(C)CC1)C1CCC2(CC1)OCCO2. The van der Waals surface area contributed by atoms with Crippen LogP contribution in [0.5, 0.6) is 0 Å². The number of carbonyl (C=O) groups excluding carboxylic acids is 2. The summed E-state index contributed by atoms with van der Waals surface area (Å²) in [5.41, 5.74) is 1.18. The first-order valence-electron chi connectivity index (χ1n) is 13.2. The van der Waals surface area contributed by atoms with Gasteiger partial charge in [-0.15, -0.1) is 0 Å². The second kappa shape index (κ2) is 10.6. The first-order chi connectivity index (χ1) is 17.0. The van der Waals surface area contributed by atoms with Gasteiger partial charge in [-0.3, -0.25) is 9.59 Å². The summed E-state index contributed by atoms with van der Waals surface area (Å²) >= 11 is 1.43. The number of amides is 1. The van der Waals surface area contributed by atoms with Gasteiger partial charge >= 0.3 is 5.97 Å². The zero-order valence-electron chi connectivity index (χ0n) is 22.6. The van der Waals surface area contributed by atoms with E-state index in [1.807, 2.05) is 17.9 Å². The zero-order chi connectivity index (χ0) is 26.1. The highest BCUT2D eigenvalue weighted by Gasteiger charge is 2.54. The van der Waals surface area contributed by atoms with E-state index in [2.05, 4.69) is 45.6 Å². The van der Waals surface area contributed by atoms with E-state index in [0.29, 0.717) is 13.2 Å². The van der Waals surface area contributed by atoms with Gasteiger partial charge in [0.25, 0.3) is 0 Å². The Morgan fingerprint density at radius 2 is 1.83 bits per heavy atom. The predicted molar refractivity (Wildman–Crippen MR) is 142 cm³/mol. The minimum absolute atomic E-state index is 0.00341. The Bertz CT molecular complexity index is 983. The highest BCUT2D eigenvalue weighted by atomic mass is 32.2. The lowest BCUT2D eigenvalue weighted by molar-refractivity contribution is -0.187. The average molecular weight is 516 g/mol. The van der Waals surface area contributed by atoms with Gasteiger partial charge in [-0.2, -0.15) is 0 Å². The van der Waals surface area contributed by atoms with Crippen LogP contribution in [0.25, 0.3) is 0 Å². The molecule has 2 aliphatic heterocycles. The lowest BCUT2D eigenvalue weighted by Crippen LogP contribution is -2.59. The van der Waals surface area contributed by atoms with Crippen LogP contribution >= 0.6 is 11.8 Å². The molecule has 3 atom stereocenters. The number of rotatable bonds is 4. The normalized spacial score (nSPS) is 30.3. The van der Waals surface area contributed by atoms with Crippen LogP contribution in [0, 0.1) is 23.2 Å². The van der Waals surface area contributed by atoms with Crippen molar-refractivity contribution in [3.63, 3.8) is 0 Å². The first-order valence-corrected chi connectivity index (χ1v) is 14.1. The number of hydrogen-bond donors (Lipinski definition) is 0. The second-order valence-corrected chi connectivity index (χ2v) is 13.3. The number of allylic oxidation sites excluding steroid dienone is 3. The summed E-state index contributed by atoms with van der Waals surface area (Å²) in [6.45, 7) is 11.5. The van der Waals surface area contributed by atoms with Gasteiger partial charge in [0.1, 0.15) is 4.75 Å². The number of esters is 1. The Morgan fingerprint density at radius 1 is 1.17 bits per heavy atom. The minimum atomic E-state index is -0.956. The molecule has 1 saturated carbocycles. The van der Waals surface area contributed by atoms with Crippen molar-refractivity contribution < 1.29 is 23.8 Å². The summed E-state index contributed by atoms with van der Waals surface area (Å²) < 4.78 is 16.2. The number of nitrogens with zero attached hydrogens (tertiary/aromatic N) is 1. The summed E-state index contributed by atoms with van der Waals surface area (Å²) in [6.07, 6.45) is 9.82. The van der Waals surface area contributed by atoms with Crippen molar-refractivity contribution in [1.29, 1.82) is 0 Å². The number of carbonyl (C=O) groups is 2. The lowest BCUT2D eigenvalue weighted by atomic mass is 9.83. The van der Waals surface area contributed by atoms with Crippen LogP contribution in [0.4, 0.5) is 0 Å². The summed E-state index contributed by atoms with van der Waals surface area (Å²) in [4.78, 5) is 30.3. The Balaban J connectivity index is 1.69. The van der Waals surface area contributed by atoms with Gasteiger partial charge in [0.15, 0.2) is 5.79 Å². The van der Waals surface area contributed by atoms with E-state index in [9.17, 15) is 9.59 Å². The van der Waals surface area contributed by atoms with Gasteiger partial charge in [-0.1, -0.05) is 35.3 Å². The first kappa shape index (κ1) is 27.3. The van der Waals surface area contributed by atoms with Crippen molar-refractivity contribution in [3.05, 3.63) is 22.6 Å². The molecular weight excluding hydrogens is 474 g/mol. The fourth-order valence-electron chi connectivity index (χ4n) is 5.70. The predicted octanol–water partition coefficient (Wildman–Crippen LogP) is 5.23. The quantitative estimate of drug-likeness (QED) is 0.290. The van der Waals surface area contributed by atoms with Crippen LogP contribution in [-0.2, 0) is 23.8 Å². The highest BCUT2D eigenvalue weighted by Crippen LogP contribution is 2.48. The van der Waals surface area contributed by atoms with Crippen LogP contribution in [0.1, 0.15) is 79.6 Å². The molecule has 1 saturated heterocycles. The third kappa shape index (κ3) is 5.71. The minimum Gasteiger partial charge on any atom is -0.468 e. The van der Waals surface area contributed by atoms with Gasteiger partial charge in [0, 0.05) is 30.2 Å². The van der Waals surface area contributed by atoms with Crippen LogP contribution in [-0.4, -0.2) is 59.7 Å². The molecule has 7 heteroatoms. The van der Waals surface area contributed by atoms with E-state index in [0.717, 1.165) is 49.9 Å². The molecule has 0 bridgehead atoms. The van der Waals surface area contributed by atoms with Crippen LogP contribution in [0.2, 0.25) is 0 Å². The van der Waals surface area contributed by atoms with E-state index >= 15 is 0 Å². The van der Waals surface area contributed by atoms with Crippen LogP contribution in [0.3, 0.4) is 0 Å². The van der Waals surface area contributed by atoms with E-state index in [-0.39, 0.29) is 29.3 Å². The van der Waals surface area contributed by atoms with Crippen molar-refractivity contribution in [2.75, 3.05) is 20.3 Å². The molecule has 3 unspecified atom stereocenters. The lowest BCUT2D eigenvalue weighted by Gasteiger charge is -2.46. The van der Waals surface area contributed by atoms with E-state index < -0.39 is 16.6 Å². The molecule has 2 heterocycles. The fourth-order valence-corrected chi connectivity index (χ4v) is 6.93. The molecule has 0 aromatic carbocycles. The average Bonchev–Trinajstić information content (AvgIpc) is 3.43. The summed E-state index contributed by atoms with van der Waals surface area (Å²) in [5, 5.41) is 0. The maximum atomic E-state index is 14.2. The van der Waals surface area contributed by atoms with Crippen molar-refractivity contribution in [2.24, 2.45) is 11.3 Å². The molecule has 0 radical (unpaired) electrons. The van der Waals surface area contributed by atoms with Crippen molar-refractivity contribution in [3.8, 4) is 11.8 Å². The van der Waals surface area contributed by atoms with E-state index in [4.69, 9.17) is 14.2 Å². The second-order valence-electron chi connectivity index (χ2n) is 11.8. The third-order valence-electron chi connectivity index (χ3n) is 7.81. The van der Waals surface area contributed by atoms with Crippen molar-refractivity contribution in [1.82, 2.24) is 4.90 Å². The van der Waals surface area contributed by atoms with Gasteiger partial charge in [0.2, 0.25) is 5.91 Å². The third-order valence-corrected chi connectivity index (χ3v) is 9.10. The van der Waals surface area contributed by atoms with Gasteiger partial charge in [-0.25, -0.2) is 0 Å². The maximum absolute atomic E-state index is 14.2. The number of thioether (sulfide) groups is 1. The van der Waals surface area contributed by atoms with Gasteiger partial charge < -0.3 is 19.1 Å². The molecule has 4 rings (SSSR count). The smallest absolute Gasteiger partial charge is 0.324 e. The van der Waals surface area contributed by atoms with E-state index in [1.54, 1.807) is 0 Å². The number of hydrogen-bond acceptors (Lipinski definition) is 6. The molecule has 0 aromatic heterocycles. The Kier molecular flexibility index (Phi) is 8.00. The standard InChI is InChI=1S/C29H41NO5S/c1-20-7-9-21(10-8-20)25(31)30(22-11-15-29(16-12-22)34-17-18-35-29)24-19-23(13-14-27(2,3)4)36-28(24,5)26(32)33-6/h7,19,21-22,24H,8-12,15-18H2,1-6H3. The number of ether oxygens (including phenoxy) is 3. The largest absolute Gasteiger partial charge is 0.468 e. The Hall–Kier alpha value is -1.75. The molecule has 198 valence electrons. The molecule has 36 heavy (non-hydrogen) atoms. The summed E-state index contributed by atoms with van der Waals surface area (Å²) in [7, 11) is 1.42. The molecule has 0 aromatic rings. The van der Waals surface area contributed by atoms with E-state index in [1.165, 1.54) is 24.4 Å². The van der Waals surface area contributed by atoms with Gasteiger partial charge in [0.05, 0.1) is 31.3 Å².